The number of carbonyl (C=O) groups excluding carboxylic acids is 2. The highest BCUT2D eigenvalue weighted by Crippen LogP contribution is 2.26. The normalized spacial score (nSPS) is 18.9. The van der Waals surface area contributed by atoms with E-state index < -0.39 is 6.04 Å². The molecule has 0 aromatic heterocycles. The highest BCUT2D eigenvalue weighted by molar-refractivity contribution is 9.10. The molecule has 1 aliphatic heterocycles. The number of amides is 2. The van der Waals surface area contributed by atoms with Crippen LogP contribution in [-0.2, 0) is 9.59 Å². The minimum atomic E-state index is -0.440. The van der Waals surface area contributed by atoms with Crippen molar-refractivity contribution in [3.63, 3.8) is 0 Å². The van der Waals surface area contributed by atoms with Crippen LogP contribution in [0.15, 0.2) is 22.7 Å². The Hall–Kier alpha value is -1.69. The number of rotatable bonds is 3. The smallest absolute Gasteiger partial charge is 0.249 e. The van der Waals surface area contributed by atoms with Gasteiger partial charge < -0.3 is 10.7 Å². The van der Waals surface area contributed by atoms with Gasteiger partial charge in [-0.15, -0.1) is 0 Å². The predicted molar refractivity (Wildman–Crippen MR) is 76.4 cm³/mol. The van der Waals surface area contributed by atoms with Gasteiger partial charge in [-0.25, -0.2) is 0 Å². The van der Waals surface area contributed by atoms with Crippen LogP contribution in [0.1, 0.15) is 25.3 Å². The number of anilines is 1. The van der Waals surface area contributed by atoms with E-state index in [9.17, 15) is 9.59 Å². The van der Waals surface area contributed by atoms with E-state index in [2.05, 4.69) is 26.6 Å². The van der Waals surface area contributed by atoms with Gasteiger partial charge in [-0.1, -0.05) is 22.0 Å². The van der Waals surface area contributed by atoms with Crippen LogP contribution in [0.5, 0.6) is 0 Å². The van der Waals surface area contributed by atoms with Crippen LogP contribution in [0.2, 0.25) is 0 Å². The van der Waals surface area contributed by atoms with Crippen LogP contribution in [-0.4, -0.2) is 23.6 Å². The molecule has 100 valence electrons. The van der Waals surface area contributed by atoms with Gasteiger partial charge in [0.2, 0.25) is 11.8 Å². The summed E-state index contributed by atoms with van der Waals surface area (Å²) in [7, 11) is 0. The molecule has 6 heteroatoms. The molecular formula is C13H14BrN3O2. The maximum Gasteiger partial charge on any atom is 0.249 e. The minimum absolute atomic E-state index is 0.235. The summed E-state index contributed by atoms with van der Waals surface area (Å²) in [6.45, 7) is 1.69. The van der Waals surface area contributed by atoms with Crippen molar-refractivity contribution in [2.24, 2.45) is 0 Å². The zero-order valence-electron chi connectivity index (χ0n) is 10.4. The maximum atomic E-state index is 11.7. The molecule has 1 fully saturated rings. The van der Waals surface area contributed by atoms with Crippen molar-refractivity contribution in [1.29, 1.82) is 5.41 Å². The molecule has 0 aliphatic carbocycles. The van der Waals surface area contributed by atoms with Crippen LogP contribution in [0.4, 0.5) is 5.69 Å². The first-order valence-corrected chi connectivity index (χ1v) is 6.72. The van der Waals surface area contributed by atoms with E-state index in [1.165, 1.54) is 0 Å². The zero-order valence-corrected chi connectivity index (χ0v) is 12.0. The lowest BCUT2D eigenvalue weighted by atomic mass is 10.0. The predicted octanol–water partition coefficient (Wildman–Crippen LogP) is 2.05. The fraction of sp³-hybridized carbons (Fsp3) is 0.308. The molecule has 0 bridgehead atoms. The molecule has 1 saturated heterocycles. The van der Waals surface area contributed by atoms with E-state index in [4.69, 9.17) is 5.41 Å². The quantitative estimate of drug-likeness (QED) is 0.588. The second-order valence-electron chi connectivity index (χ2n) is 4.44. The third kappa shape index (κ3) is 3.01. The first kappa shape index (κ1) is 13.7. The minimum Gasteiger partial charge on any atom is -0.373 e. The van der Waals surface area contributed by atoms with Gasteiger partial charge in [0.05, 0.1) is 0 Å². The molecule has 0 spiro atoms. The number of halogens is 1. The molecule has 1 aromatic rings. The van der Waals surface area contributed by atoms with Gasteiger partial charge in [0.15, 0.2) is 0 Å². The lowest BCUT2D eigenvalue weighted by Crippen LogP contribution is -2.47. The lowest BCUT2D eigenvalue weighted by Gasteiger charge is -2.24. The lowest BCUT2D eigenvalue weighted by molar-refractivity contribution is -0.133. The number of piperidine rings is 1. The second kappa shape index (κ2) is 5.52. The van der Waals surface area contributed by atoms with Crippen molar-refractivity contribution in [2.45, 2.75) is 25.8 Å². The van der Waals surface area contributed by atoms with Crippen molar-refractivity contribution in [3.8, 4) is 0 Å². The van der Waals surface area contributed by atoms with Crippen molar-refractivity contribution in [2.75, 3.05) is 5.32 Å². The van der Waals surface area contributed by atoms with Gasteiger partial charge in [-0.05, 0) is 25.5 Å². The summed E-state index contributed by atoms with van der Waals surface area (Å²) in [5.74, 6) is -0.550. The summed E-state index contributed by atoms with van der Waals surface area (Å²) < 4.78 is 0.803. The van der Waals surface area contributed by atoms with Crippen molar-refractivity contribution < 1.29 is 9.59 Å². The molecule has 1 aromatic carbocycles. The largest absolute Gasteiger partial charge is 0.373 e. The molecule has 5 nitrogen and oxygen atoms in total. The number of hydrogen-bond acceptors (Lipinski definition) is 4. The molecule has 1 aliphatic rings. The van der Waals surface area contributed by atoms with Crippen LogP contribution in [0.25, 0.3) is 0 Å². The van der Waals surface area contributed by atoms with Gasteiger partial charge in [0, 0.05) is 27.9 Å². The molecule has 19 heavy (non-hydrogen) atoms. The number of nitrogens with one attached hydrogen (secondary N) is 3. The Morgan fingerprint density at radius 1 is 1.47 bits per heavy atom. The molecule has 2 rings (SSSR count). The van der Waals surface area contributed by atoms with Crippen molar-refractivity contribution in [3.05, 3.63) is 28.2 Å². The molecule has 1 atom stereocenters. The van der Waals surface area contributed by atoms with Crippen molar-refractivity contribution >= 4 is 39.1 Å². The highest BCUT2D eigenvalue weighted by Gasteiger charge is 2.27. The summed E-state index contributed by atoms with van der Waals surface area (Å²) in [5.41, 5.74) is 1.85. The van der Waals surface area contributed by atoms with E-state index in [1.54, 1.807) is 6.92 Å². The Morgan fingerprint density at radius 2 is 2.21 bits per heavy atom. The number of imide groups is 1. The molecule has 1 unspecified atom stereocenters. The van der Waals surface area contributed by atoms with Gasteiger partial charge in [-0.2, -0.15) is 0 Å². The monoisotopic (exact) mass is 323 g/mol. The molecular weight excluding hydrogens is 310 g/mol. The Bertz CT molecular complexity index is 557. The third-order valence-electron chi connectivity index (χ3n) is 2.96. The summed E-state index contributed by atoms with van der Waals surface area (Å²) >= 11 is 3.40. The van der Waals surface area contributed by atoms with Crippen LogP contribution < -0.4 is 10.6 Å². The Balaban J connectivity index is 2.24. The molecule has 2 amide bonds. The fourth-order valence-electron chi connectivity index (χ4n) is 2.04. The van der Waals surface area contributed by atoms with E-state index in [0.29, 0.717) is 18.6 Å². The molecule has 1 heterocycles. The van der Waals surface area contributed by atoms with Gasteiger partial charge in [0.1, 0.15) is 6.04 Å². The maximum absolute atomic E-state index is 11.7. The number of carbonyl (C=O) groups is 2. The van der Waals surface area contributed by atoms with Crippen LogP contribution >= 0.6 is 15.9 Å². The average molecular weight is 324 g/mol. The standard InChI is InChI=1S/C13H14BrN3O2/c1-7(15)12-8(14)3-2-4-9(12)16-10-5-6-11(18)17-13(10)19/h2-4,10,15-16H,5-6H2,1H3,(H,17,18,19). The average Bonchev–Trinajstić information content (AvgIpc) is 2.32. The summed E-state index contributed by atoms with van der Waals surface area (Å²) in [5, 5.41) is 13.2. The second-order valence-corrected chi connectivity index (χ2v) is 5.29. The number of benzene rings is 1. The fourth-order valence-corrected chi connectivity index (χ4v) is 2.71. The summed E-state index contributed by atoms with van der Waals surface area (Å²) in [4.78, 5) is 22.8. The van der Waals surface area contributed by atoms with Crippen LogP contribution in [0.3, 0.4) is 0 Å². The van der Waals surface area contributed by atoms with Crippen molar-refractivity contribution in [1.82, 2.24) is 5.32 Å². The Labute approximate surface area is 119 Å². The molecule has 0 saturated carbocycles. The van der Waals surface area contributed by atoms with E-state index in [-0.39, 0.29) is 11.8 Å². The molecule has 0 radical (unpaired) electrons. The third-order valence-corrected chi connectivity index (χ3v) is 3.62. The van der Waals surface area contributed by atoms with Crippen LogP contribution in [0, 0.1) is 5.41 Å². The SMILES string of the molecule is CC(=N)c1c(Br)cccc1NC1CCC(=O)NC1=O. The van der Waals surface area contributed by atoms with Gasteiger partial charge in [-0.3, -0.25) is 14.9 Å². The van der Waals surface area contributed by atoms with E-state index in [1.807, 2.05) is 18.2 Å². The first-order chi connectivity index (χ1) is 8.99. The zero-order chi connectivity index (χ0) is 14.0. The Morgan fingerprint density at radius 3 is 2.84 bits per heavy atom. The first-order valence-electron chi connectivity index (χ1n) is 5.93. The summed E-state index contributed by atoms with van der Waals surface area (Å²) in [6, 6.07) is 5.07. The molecule has 3 N–H and O–H groups in total. The number of hydrogen-bond donors (Lipinski definition) is 3. The summed E-state index contributed by atoms with van der Waals surface area (Å²) in [6.07, 6.45) is 0.796. The van der Waals surface area contributed by atoms with Gasteiger partial charge in [0.25, 0.3) is 0 Å². The van der Waals surface area contributed by atoms with E-state index in [0.717, 1.165) is 15.7 Å². The highest BCUT2D eigenvalue weighted by atomic mass is 79.9. The Kier molecular flexibility index (Phi) is 3.99. The van der Waals surface area contributed by atoms with E-state index >= 15 is 0 Å². The topological polar surface area (TPSA) is 82.1 Å². The van der Waals surface area contributed by atoms with Gasteiger partial charge >= 0.3 is 0 Å².